The molecule has 0 fully saturated rings. The first-order valence-electron chi connectivity index (χ1n) is 6.91. The topological polar surface area (TPSA) is 17.1 Å². The molecule has 0 aromatic heterocycles. The van der Waals surface area contributed by atoms with E-state index < -0.39 is 0 Å². The van der Waals surface area contributed by atoms with Gasteiger partial charge >= 0.3 is 0 Å². The third kappa shape index (κ3) is 7.90. The van der Waals surface area contributed by atoms with Crippen LogP contribution in [-0.2, 0) is 4.79 Å². The van der Waals surface area contributed by atoms with Gasteiger partial charge in [0, 0.05) is 11.8 Å². The molecule has 0 aromatic rings. The molecule has 0 saturated carbocycles. The molecular formula is C15H30O. The number of unbranched alkanes of at least 4 members (excludes halogenated alkanes) is 4. The molecule has 0 aliphatic carbocycles. The summed E-state index contributed by atoms with van der Waals surface area (Å²) in [6, 6.07) is 0. The molecule has 0 spiro atoms. The summed E-state index contributed by atoms with van der Waals surface area (Å²) < 4.78 is 0. The van der Waals surface area contributed by atoms with Crippen molar-refractivity contribution in [3.05, 3.63) is 0 Å². The van der Waals surface area contributed by atoms with Crippen molar-refractivity contribution in [3.8, 4) is 0 Å². The van der Waals surface area contributed by atoms with Crippen LogP contribution in [0.2, 0.25) is 0 Å². The second kappa shape index (κ2) is 7.86. The number of ketones is 1. The number of carbonyl (C=O) groups excluding carboxylic acids is 1. The van der Waals surface area contributed by atoms with Crippen molar-refractivity contribution >= 4 is 5.78 Å². The Hall–Kier alpha value is -0.330. The highest BCUT2D eigenvalue weighted by atomic mass is 16.1. The molecule has 0 bridgehead atoms. The molecule has 96 valence electrons. The zero-order valence-corrected chi connectivity index (χ0v) is 11.9. The summed E-state index contributed by atoms with van der Waals surface area (Å²) in [4.78, 5) is 11.8. The van der Waals surface area contributed by atoms with Crippen LogP contribution >= 0.6 is 0 Å². The fourth-order valence-corrected chi connectivity index (χ4v) is 1.82. The monoisotopic (exact) mass is 226 g/mol. The first-order chi connectivity index (χ1) is 7.38. The maximum absolute atomic E-state index is 11.8. The predicted octanol–water partition coefficient (Wildman–Crippen LogP) is 4.99. The van der Waals surface area contributed by atoms with Crippen LogP contribution in [0.1, 0.15) is 79.6 Å². The molecule has 0 heterocycles. The lowest BCUT2D eigenvalue weighted by Crippen LogP contribution is -2.22. The van der Waals surface area contributed by atoms with Gasteiger partial charge < -0.3 is 0 Å². The quantitative estimate of drug-likeness (QED) is 0.533. The molecule has 1 heteroatoms. The Kier molecular flexibility index (Phi) is 7.70. The molecule has 1 nitrogen and oxygen atoms in total. The van der Waals surface area contributed by atoms with Crippen LogP contribution in [0, 0.1) is 11.3 Å². The molecule has 0 radical (unpaired) electrons. The van der Waals surface area contributed by atoms with E-state index in [0.717, 1.165) is 6.42 Å². The van der Waals surface area contributed by atoms with E-state index in [2.05, 4.69) is 13.8 Å². The van der Waals surface area contributed by atoms with Gasteiger partial charge in [-0.05, 0) is 5.92 Å². The van der Waals surface area contributed by atoms with Gasteiger partial charge in [-0.15, -0.1) is 0 Å². The van der Waals surface area contributed by atoms with E-state index in [1.165, 1.54) is 38.5 Å². The second-order valence-corrected chi connectivity index (χ2v) is 6.19. The average Bonchev–Trinajstić information content (AvgIpc) is 2.16. The van der Waals surface area contributed by atoms with Crippen LogP contribution in [0.25, 0.3) is 0 Å². The molecule has 0 aliphatic heterocycles. The van der Waals surface area contributed by atoms with E-state index in [1.807, 2.05) is 20.8 Å². The van der Waals surface area contributed by atoms with Gasteiger partial charge in [0.25, 0.3) is 0 Å². The van der Waals surface area contributed by atoms with Gasteiger partial charge in [-0.2, -0.15) is 0 Å². The Bertz CT molecular complexity index is 188. The van der Waals surface area contributed by atoms with Gasteiger partial charge in [0.2, 0.25) is 0 Å². The highest BCUT2D eigenvalue weighted by molar-refractivity contribution is 5.83. The predicted molar refractivity (Wildman–Crippen MR) is 71.6 cm³/mol. The summed E-state index contributed by atoms with van der Waals surface area (Å²) in [5, 5.41) is 0. The first-order valence-corrected chi connectivity index (χ1v) is 6.91. The molecule has 0 amide bonds. The minimum Gasteiger partial charge on any atom is -0.299 e. The second-order valence-electron chi connectivity index (χ2n) is 6.19. The van der Waals surface area contributed by atoms with E-state index in [1.54, 1.807) is 0 Å². The third-order valence-corrected chi connectivity index (χ3v) is 3.17. The van der Waals surface area contributed by atoms with Crippen molar-refractivity contribution in [3.63, 3.8) is 0 Å². The van der Waals surface area contributed by atoms with Crippen molar-refractivity contribution in [1.82, 2.24) is 0 Å². The van der Waals surface area contributed by atoms with Gasteiger partial charge in [-0.1, -0.05) is 73.1 Å². The lowest BCUT2D eigenvalue weighted by atomic mass is 9.84. The molecule has 1 unspecified atom stereocenters. The van der Waals surface area contributed by atoms with E-state index in [4.69, 9.17) is 0 Å². The average molecular weight is 226 g/mol. The summed E-state index contributed by atoms with van der Waals surface area (Å²) in [6.45, 7) is 10.5. The third-order valence-electron chi connectivity index (χ3n) is 3.17. The van der Waals surface area contributed by atoms with Crippen molar-refractivity contribution in [2.75, 3.05) is 0 Å². The minimum atomic E-state index is -0.156. The van der Waals surface area contributed by atoms with Crippen LogP contribution < -0.4 is 0 Å². The van der Waals surface area contributed by atoms with E-state index in [-0.39, 0.29) is 5.41 Å². The van der Waals surface area contributed by atoms with Gasteiger partial charge in [0.05, 0.1) is 0 Å². The molecule has 1 atom stereocenters. The molecule has 0 rings (SSSR count). The van der Waals surface area contributed by atoms with Gasteiger partial charge in [-0.3, -0.25) is 4.79 Å². The van der Waals surface area contributed by atoms with Crippen molar-refractivity contribution in [2.45, 2.75) is 79.6 Å². The minimum absolute atomic E-state index is 0.156. The fraction of sp³-hybridized carbons (Fsp3) is 0.933. The maximum Gasteiger partial charge on any atom is 0.138 e. The number of hydrogen-bond donors (Lipinski definition) is 0. The number of carbonyl (C=O) groups is 1. The molecule has 0 aromatic carbocycles. The van der Waals surface area contributed by atoms with Crippen LogP contribution in [-0.4, -0.2) is 5.78 Å². The summed E-state index contributed by atoms with van der Waals surface area (Å²) >= 11 is 0. The Morgan fingerprint density at radius 3 is 2.12 bits per heavy atom. The highest BCUT2D eigenvalue weighted by Gasteiger charge is 2.22. The molecule has 0 saturated heterocycles. The van der Waals surface area contributed by atoms with E-state index in [9.17, 15) is 4.79 Å². The van der Waals surface area contributed by atoms with Crippen molar-refractivity contribution in [1.29, 1.82) is 0 Å². The smallest absolute Gasteiger partial charge is 0.138 e. The molecule has 16 heavy (non-hydrogen) atoms. The maximum atomic E-state index is 11.8. The van der Waals surface area contributed by atoms with Gasteiger partial charge in [-0.25, -0.2) is 0 Å². The SMILES string of the molecule is CCCCCCCC(C)CC(=O)C(C)(C)C. The highest BCUT2D eigenvalue weighted by Crippen LogP contribution is 2.22. The fourth-order valence-electron chi connectivity index (χ4n) is 1.82. The van der Waals surface area contributed by atoms with Crippen LogP contribution in [0.4, 0.5) is 0 Å². The van der Waals surface area contributed by atoms with Gasteiger partial charge in [0.15, 0.2) is 0 Å². The summed E-state index contributed by atoms with van der Waals surface area (Å²) in [7, 11) is 0. The van der Waals surface area contributed by atoms with E-state index in [0.29, 0.717) is 11.7 Å². The van der Waals surface area contributed by atoms with Crippen LogP contribution in [0.15, 0.2) is 0 Å². The van der Waals surface area contributed by atoms with Crippen molar-refractivity contribution < 1.29 is 4.79 Å². The lowest BCUT2D eigenvalue weighted by Gasteiger charge is -2.19. The Morgan fingerprint density at radius 2 is 1.62 bits per heavy atom. The molecular weight excluding hydrogens is 196 g/mol. The normalized spacial score (nSPS) is 13.8. The first kappa shape index (κ1) is 15.7. The number of Topliss-reactive ketones (excluding diaryl/α,β-unsaturated/α-hetero) is 1. The Balaban J connectivity index is 3.59. The standard InChI is InChI=1S/C15H30O/c1-6-7-8-9-10-11-13(2)12-14(16)15(3,4)5/h13H,6-12H2,1-5H3. The Morgan fingerprint density at radius 1 is 1.06 bits per heavy atom. The largest absolute Gasteiger partial charge is 0.299 e. The van der Waals surface area contributed by atoms with E-state index >= 15 is 0 Å². The van der Waals surface area contributed by atoms with Gasteiger partial charge in [0.1, 0.15) is 5.78 Å². The number of hydrogen-bond acceptors (Lipinski definition) is 1. The zero-order chi connectivity index (χ0) is 12.6. The van der Waals surface area contributed by atoms with Crippen LogP contribution in [0.3, 0.4) is 0 Å². The summed E-state index contributed by atoms with van der Waals surface area (Å²) in [5.74, 6) is 0.974. The zero-order valence-electron chi connectivity index (χ0n) is 11.9. The van der Waals surface area contributed by atoms with Crippen LogP contribution in [0.5, 0.6) is 0 Å². The molecule has 0 aliphatic rings. The Labute approximate surface area is 102 Å². The molecule has 0 N–H and O–H groups in total. The summed E-state index contributed by atoms with van der Waals surface area (Å²) in [6.07, 6.45) is 8.62. The summed E-state index contributed by atoms with van der Waals surface area (Å²) in [5.41, 5.74) is -0.156. The number of rotatable bonds is 8. The lowest BCUT2D eigenvalue weighted by molar-refractivity contribution is -0.127. The van der Waals surface area contributed by atoms with Crippen molar-refractivity contribution in [2.24, 2.45) is 11.3 Å².